The Morgan fingerprint density at radius 3 is 2.85 bits per heavy atom. The molecule has 2 heteroatoms. The Hall–Kier alpha value is -0.790. The van der Waals surface area contributed by atoms with Crippen LogP contribution in [0.2, 0.25) is 0 Å². The summed E-state index contributed by atoms with van der Waals surface area (Å²) in [6.45, 7) is 6.14. The predicted molar refractivity (Wildman–Crippen MR) is 52.3 cm³/mol. The molecule has 0 aliphatic carbocycles. The van der Waals surface area contributed by atoms with Crippen molar-refractivity contribution in [1.29, 1.82) is 0 Å². The summed E-state index contributed by atoms with van der Waals surface area (Å²) in [4.78, 5) is 11.3. The van der Waals surface area contributed by atoms with Gasteiger partial charge in [0.25, 0.3) is 0 Å². The molecule has 1 rings (SSSR count). The van der Waals surface area contributed by atoms with Crippen molar-refractivity contribution in [3.63, 3.8) is 0 Å². The summed E-state index contributed by atoms with van der Waals surface area (Å²) in [5.74, 6) is 0.473. The first kappa shape index (κ1) is 10.3. The van der Waals surface area contributed by atoms with Crippen LogP contribution in [0.25, 0.3) is 0 Å². The van der Waals surface area contributed by atoms with Crippen molar-refractivity contribution >= 4 is 5.97 Å². The lowest BCUT2D eigenvalue weighted by molar-refractivity contribution is -0.160. The summed E-state index contributed by atoms with van der Waals surface area (Å²) >= 11 is 0. The smallest absolute Gasteiger partial charge is 0.309 e. The minimum atomic E-state index is -0.0520. The molecule has 74 valence electrons. The third-order valence-electron chi connectivity index (χ3n) is 2.50. The molecule has 1 saturated heterocycles. The average Bonchev–Trinajstić information content (AvgIpc) is 2.09. The van der Waals surface area contributed by atoms with Crippen molar-refractivity contribution in [2.45, 2.75) is 39.7 Å². The van der Waals surface area contributed by atoms with Crippen molar-refractivity contribution < 1.29 is 9.53 Å². The zero-order valence-corrected chi connectivity index (χ0v) is 8.62. The highest BCUT2D eigenvalue weighted by molar-refractivity contribution is 5.73. The number of rotatable bonds is 2. The predicted octanol–water partition coefficient (Wildman–Crippen LogP) is 2.54. The molecule has 0 saturated carbocycles. The largest absolute Gasteiger partial charge is 0.458 e. The number of cyclic esters (lactones) is 1. The molecule has 0 amide bonds. The summed E-state index contributed by atoms with van der Waals surface area (Å²) in [6, 6.07) is 0. The Morgan fingerprint density at radius 1 is 1.54 bits per heavy atom. The van der Waals surface area contributed by atoms with Gasteiger partial charge in [-0.2, -0.15) is 0 Å². The van der Waals surface area contributed by atoms with Crippen molar-refractivity contribution in [3.05, 3.63) is 12.2 Å². The van der Waals surface area contributed by atoms with Gasteiger partial charge in [-0.15, -0.1) is 0 Å². The lowest BCUT2D eigenvalue weighted by Gasteiger charge is -2.30. The van der Waals surface area contributed by atoms with E-state index in [1.807, 2.05) is 13.0 Å². The van der Waals surface area contributed by atoms with Crippen LogP contribution in [0.1, 0.15) is 33.6 Å². The van der Waals surface area contributed by atoms with E-state index >= 15 is 0 Å². The number of carbonyl (C=O) groups excluding carboxylic acids is 1. The molecule has 0 spiro atoms. The summed E-state index contributed by atoms with van der Waals surface area (Å²) in [5.41, 5.74) is 0. The quantitative estimate of drug-likeness (QED) is 0.484. The summed E-state index contributed by atoms with van der Waals surface area (Å²) in [6.07, 6.45) is 6.01. The van der Waals surface area contributed by atoms with E-state index < -0.39 is 0 Å². The summed E-state index contributed by atoms with van der Waals surface area (Å²) in [5, 5.41) is 0. The second-order valence-electron chi connectivity index (χ2n) is 3.85. The minimum absolute atomic E-state index is 0.00338. The van der Waals surface area contributed by atoms with Crippen LogP contribution < -0.4 is 0 Å². The van der Waals surface area contributed by atoms with Crippen LogP contribution >= 0.6 is 0 Å². The molecule has 0 aromatic rings. The van der Waals surface area contributed by atoms with E-state index in [4.69, 9.17) is 4.74 Å². The van der Waals surface area contributed by atoms with Gasteiger partial charge in [0, 0.05) is 0 Å². The number of ether oxygens (including phenoxy) is 1. The van der Waals surface area contributed by atoms with Gasteiger partial charge in [0.05, 0.1) is 5.92 Å². The topological polar surface area (TPSA) is 26.3 Å². The first-order chi connectivity index (χ1) is 6.15. The van der Waals surface area contributed by atoms with E-state index in [2.05, 4.69) is 19.9 Å². The fourth-order valence-electron chi connectivity index (χ4n) is 1.65. The molecular weight excluding hydrogens is 164 g/mol. The number of carbonyl (C=O) groups is 1. The van der Waals surface area contributed by atoms with Gasteiger partial charge in [0.2, 0.25) is 0 Å². The molecule has 1 heterocycles. The third kappa shape index (κ3) is 2.58. The van der Waals surface area contributed by atoms with Crippen molar-refractivity contribution in [3.8, 4) is 0 Å². The van der Waals surface area contributed by atoms with Crippen LogP contribution in [0.5, 0.6) is 0 Å². The fourth-order valence-corrected chi connectivity index (χ4v) is 1.65. The molecule has 0 unspecified atom stereocenters. The molecule has 0 aromatic heterocycles. The highest BCUT2D eigenvalue weighted by atomic mass is 16.5. The van der Waals surface area contributed by atoms with Crippen molar-refractivity contribution in [2.75, 3.05) is 0 Å². The average molecular weight is 182 g/mol. The van der Waals surface area contributed by atoms with Crippen LogP contribution in [0.3, 0.4) is 0 Å². The van der Waals surface area contributed by atoms with Gasteiger partial charge < -0.3 is 4.74 Å². The van der Waals surface area contributed by atoms with Crippen molar-refractivity contribution in [1.82, 2.24) is 0 Å². The molecule has 3 atom stereocenters. The Bertz CT molecular complexity index is 208. The molecule has 0 N–H and O–H groups in total. The maximum absolute atomic E-state index is 11.3. The van der Waals surface area contributed by atoms with Crippen LogP contribution in [-0.2, 0) is 9.53 Å². The number of esters is 1. The minimum Gasteiger partial charge on any atom is -0.458 e. The van der Waals surface area contributed by atoms with E-state index in [0.717, 1.165) is 12.8 Å². The standard InChI is InChI=1S/C11H18O2/c1-4-5-6-10-8(2)7-9(3)11(12)13-10/h5-6,8-10H,4,7H2,1-3H3/t8-,9-,10+/m1/s1. The molecule has 0 bridgehead atoms. The second-order valence-corrected chi connectivity index (χ2v) is 3.85. The normalized spacial score (nSPS) is 35.0. The Labute approximate surface area is 80.0 Å². The summed E-state index contributed by atoms with van der Waals surface area (Å²) < 4.78 is 5.29. The molecule has 1 aliphatic rings. The monoisotopic (exact) mass is 182 g/mol. The van der Waals surface area contributed by atoms with Gasteiger partial charge in [-0.1, -0.05) is 26.8 Å². The van der Waals surface area contributed by atoms with Gasteiger partial charge in [-0.25, -0.2) is 0 Å². The zero-order valence-electron chi connectivity index (χ0n) is 8.62. The highest BCUT2D eigenvalue weighted by Crippen LogP contribution is 2.26. The molecular formula is C11H18O2. The lowest BCUT2D eigenvalue weighted by atomic mass is 9.89. The van der Waals surface area contributed by atoms with Crippen LogP contribution in [0, 0.1) is 11.8 Å². The Morgan fingerprint density at radius 2 is 2.23 bits per heavy atom. The number of allylic oxidation sites excluding steroid dienone is 1. The maximum atomic E-state index is 11.3. The lowest BCUT2D eigenvalue weighted by Crippen LogP contribution is -2.34. The van der Waals surface area contributed by atoms with Crippen LogP contribution in [0.4, 0.5) is 0 Å². The Balaban J connectivity index is 2.56. The Kier molecular flexibility index (Phi) is 3.52. The van der Waals surface area contributed by atoms with E-state index in [-0.39, 0.29) is 18.0 Å². The van der Waals surface area contributed by atoms with Crippen LogP contribution in [-0.4, -0.2) is 12.1 Å². The van der Waals surface area contributed by atoms with E-state index in [1.54, 1.807) is 0 Å². The van der Waals surface area contributed by atoms with Gasteiger partial charge in [-0.3, -0.25) is 4.79 Å². The van der Waals surface area contributed by atoms with Gasteiger partial charge >= 0.3 is 5.97 Å². The van der Waals surface area contributed by atoms with Gasteiger partial charge in [0.15, 0.2) is 0 Å². The van der Waals surface area contributed by atoms with E-state index in [1.165, 1.54) is 0 Å². The zero-order chi connectivity index (χ0) is 9.84. The van der Waals surface area contributed by atoms with E-state index in [0.29, 0.717) is 5.92 Å². The molecule has 1 aliphatic heterocycles. The molecule has 13 heavy (non-hydrogen) atoms. The number of hydrogen-bond acceptors (Lipinski definition) is 2. The number of hydrogen-bond donors (Lipinski definition) is 0. The van der Waals surface area contributed by atoms with Crippen LogP contribution in [0.15, 0.2) is 12.2 Å². The second kappa shape index (κ2) is 4.45. The fraction of sp³-hybridized carbons (Fsp3) is 0.727. The third-order valence-corrected chi connectivity index (χ3v) is 2.50. The van der Waals surface area contributed by atoms with Crippen molar-refractivity contribution in [2.24, 2.45) is 11.8 Å². The maximum Gasteiger partial charge on any atom is 0.309 e. The highest BCUT2D eigenvalue weighted by Gasteiger charge is 2.30. The molecule has 0 aromatic carbocycles. The molecule has 1 fully saturated rings. The van der Waals surface area contributed by atoms with Gasteiger partial charge in [0.1, 0.15) is 6.10 Å². The van der Waals surface area contributed by atoms with Gasteiger partial charge in [-0.05, 0) is 24.8 Å². The summed E-state index contributed by atoms with van der Waals surface area (Å²) in [7, 11) is 0. The molecule has 0 radical (unpaired) electrons. The van der Waals surface area contributed by atoms with E-state index in [9.17, 15) is 4.79 Å². The first-order valence-electron chi connectivity index (χ1n) is 5.02. The first-order valence-corrected chi connectivity index (χ1v) is 5.02. The SMILES string of the molecule is CCC=C[C@@H]1OC(=O)[C@H](C)C[C@H]1C. The molecule has 2 nitrogen and oxygen atoms in total.